The van der Waals surface area contributed by atoms with Crippen molar-refractivity contribution in [1.29, 1.82) is 0 Å². The van der Waals surface area contributed by atoms with Crippen LogP contribution >= 0.6 is 11.8 Å². The van der Waals surface area contributed by atoms with Crippen LogP contribution in [0.5, 0.6) is 0 Å². The van der Waals surface area contributed by atoms with Gasteiger partial charge in [0.15, 0.2) is 5.78 Å². The molecular formula is C39H53N5O4S. The third kappa shape index (κ3) is 11.7. The molecule has 3 aromatic rings. The van der Waals surface area contributed by atoms with E-state index in [4.69, 9.17) is 0 Å². The number of amides is 3. The molecule has 0 spiro atoms. The molecule has 264 valence electrons. The average Bonchev–Trinajstić information content (AvgIpc) is 3.06. The number of piperidine rings is 1. The second kappa shape index (κ2) is 17.8. The fourth-order valence-corrected chi connectivity index (χ4v) is 7.43. The topological polar surface area (TPSA) is 115 Å². The van der Waals surface area contributed by atoms with Crippen LogP contribution in [0.3, 0.4) is 0 Å². The lowest BCUT2D eigenvalue weighted by Crippen LogP contribution is -2.58. The Labute approximate surface area is 296 Å². The maximum absolute atomic E-state index is 14.4. The van der Waals surface area contributed by atoms with Gasteiger partial charge in [-0.25, -0.2) is 4.79 Å². The molecule has 0 bridgehead atoms. The fourth-order valence-electron chi connectivity index (χ4n) is 6.23. The largest absolute Gasteiger partial charge is 0.391 e. The molecule has 5 atom stereocenters. The summed E-state index contributed by atoms with van der Waals surface area (Å²) in [4.78, 5) is 50.6. The molecular weight excluding hydrogens is 635 g/mol. The fraction of sp³-hybridized carbons (Fsp3) is 0.487. The zero-order valence-electron chi connectivity index (χ0n) is 29.7. The minimum atomic E-state index is -1.07. The monoisotopic (exact) mass is 687 g/mol. The van der Waals surface area contributed by atoms with Crippen LogP contribution in [0.2, 0.25) is 0 Å². The molecule has 2 aromatic carbocycles. The van der Waals surface area contributed by atoms with Crippen molar-refractivity contribution in [3.8, 4) is 0 Å². The number of nitrogens with zero attached hydrogens (tertiary/aromatic N) is 3. The highest BCUT2D eigenvalue weighted by Crippen LogP contribution is 2.34. The Balaban J connectivity index is 1.54. The molecule has 1 aliphatic rings. The van der Waals surface area contributed by atoms with Crippen LogP contribution in [0.1, 0.15) is 58.7 Å². The summed E-state index contributed by atoms with van der Waals surface area (Å²) in [5.74, 6) is -1.33. The lowest BCUT2D eigenvalue weighted by atomic mass is 9.83. The summed E-state index contributed by atoms with van der Waals surface area (Å²) in [6.07, 6.45) is 2.39. The van der Waals surface area contributed by atoms with Gasteiger partial charge in [0.25, 0.3) is 0 Å². The quantitative estimate of drug-likeness (QED) is 0.203. The molecule has 0 saturated carbocycles. The van der Waals surface area contributed by atoms with Crippen molar-refractivity contribution >= 4 is 29.5 Å². The van der Waals surface area contributed by atoms with Gasteiger partial charge in [-0.1, -0.05) is 68.4 Å². The molecule has 0 aliphatic carbocycles. The van der Waals surface area contributed by atoms with Crippen LogP contribution in [0.25, 0.3) is 0 Å². The number of ketones is 1. The minimum absolute atomic E-state index is 0.0766. The third-order valence-corrected chi connectivity index (χ3v) is 10.1. The van der Waals surface area contributed by atoms with Crippen molar-refractivity contribution < 1.29 is 19.5 Å². The van der Waals surface area contributed by atoms with Crippen LogP contribution in [-0.2, 0) is 22.6 Å². The van der Waals surface area contributed by atoms with Gasteiger partial charge in [-0.3, -0.25) is 19.5 Å². The van der Waals surface area contributed by atoms with Gasteiger partial charge < -0.3 is 20.6 Å². The normalized spacial score (nSPS) is 18.7. The molecule has 0 radical (unpaired) electrons. The van der Waals surface area contributed by atoms with Crippen LogP contribution < -0.4 is 10.6 Å². The van der Waals surface area contributed by atoms with E-state index in [2.05, 4.69) is 27.8 Å². The molecule has 10 heteroatoms. The minimum Gasteiger partial charge on any atom is -0.391 e. The van der Waals surface area contributed by atoms with E-state index in [0.29, 0.717) is 19.4 Å². The smallest absolute Gasteiger partial charge is 0.318 e. The number of Topliss-reactive ketones (excluding diaryl/α,β-unsaturated/α-hetero) is 1. The van der Waals surface area contributed by atoms with Crippen molar-refractivity contribution in [2.24, 2.45) is 11.8 Å². The van der Waals surface area contributed by atoms with Gasteiger partial charge in [0.1, 0.15) is 0 Å². The van der Waals surface area contributed by atoms with E-state index in [1.54, 1.807) is 25.0 Å². The maximum Gasteiger partial charge on any atom is 0.318 e. The number of carbonyl (C=O) groups excluding carboxylic acids is 3. The average molecular weight is 688 g/mol. The first kappa shape index (κ1) is 38.1. The van der Waals surface area contributed by atoms with Crippen molar-refractivity contribution in [3.63, 3.8) is 0 Å². The summed E-state index contributed by atoms with van der Waals surface area (Å²) in [5, 5.41) is 18.3. The summed E-state index contributed by atoms with van der Waals surface area (Å²) in [6, 6.07) is 23.7. The number of aliphatic hydroxyl groups excluding tert-OH is 1. The molecule has 9 nitrogen and oxygen atoms in total. The second-order valence-electron chi connectivity index (χ2n) is 14.4. The van der Waals surface area contributed by atoms with Gasteiger partial charge in [-0.2, -0.15) is 0 Å². The van der Waals surface area contributed by atoms with E-state index in [1.807, 2.05) is 106 Å². The summed E-state index contributed by atoms with van der Waals surface area (Å²) in [6.45, 7) is 10.7. The van der Waals surface area contributed by atoms with Gasteiger partial charge in [0.2, 0.25) is 5.91 Å². The highest BCUT2D eigenvalue weighted by molar-refractivity contribution is 8.00. The number of benzene rings is 2. The van der Waals surface area contributed by atoms with Crippen molar-refractivity contribution in [3.05, 3.63) is 96.3 Å². The molecule has 2 heterocycles. The Kier molecular flexibility index (Phi) is 13.8. The number of hydrogen-bond acceptors (Lipinski definition) is 7. The number of urea groups is 1. The van der Waals surface area contributed by atoms with Crippen LogP contribution in [0.15, 0.2) is 90.0 Å². The van der Waals surface area contributed by atoms with E-state index < -0.39 is 29.6 Å². The summed E-state index contributed by atoms with van der Waals surface area (Å²) >= 11 is 1.78. The van der Waals surface area contributed by atoms with Crippen molar-refractivity contribution in [2.75, 3.05) is 20.1 Å². The highest BCUT2D eigenvalue weighted by Gasteiger charge is 2.40. The van der Waals surface area contributed by atoms with E-state index in [-0.39, 0.29) is 42.0 Å². The molecule has 4 rings (SSSR count). The number of β-amino-alcohol motifs (C(OH)–C–C–N with tert-alkyl or cyclic N) is 1. The number of thioether (sulfide) groups is 1. The Morgan fingerprint density at radius 2 is 1.65 bits per heavy atom. The molecule has 49 heavy (non-hydrogen) atoms. The lowest BCUT2D eigenvalue weighted by molar-refractivity contribution is -0.132. The van der Waals surface area contributed by atoms with Gasteiger partial charge in [0, 0.05) is 42.0 Å². The van der Waals surface area contributed by atoms with Gasteiger partial charge >= 0.3 is 6.03 Å². The highest BCUT2D eigenvalue weighted by atomic mass is 32.2. The van der Waals surface area contributed by atoms with Crippen LogP contribution in [0.4, 0.5) is 4.79 Å². The number of nitrogens with one attached hydrogen (secondary N) is 2. The van der Waals surface area contributed by atoms with Gasteiger partial charge in [0.05, 0.1) is 36.3 Å². The van der Waals surface area contributed by atoms with Gasteiger partial charge in [-0.05, 0) is 75.8 Å². The van der Waals surface area contributed by atoms with Crippen LogP contribution in [-0.4, -0.2) is 86.7 Å². The van der Waals surface area contributed by atoms with E-state index in [1.165, 1.54) is 4.90 Å². The zero-order valence-corrected chi connectivity index (χ0v) is 30.5. The van der Waals surface area contributed by atoms with Crippen molar-refractivity contribution in [2.45, 2.75) is 94.3 Å². The Hall–Kier alpha value is -3.73. The summed E-state index contributed by atoms with van der Waals surface area (Å²) < 4.78 is 0. The summed E-state index contributed by atoms with van der Waals surface area (Å²) in [5.41, 5.74) is 1.24. The number of carbonyl (C=O) groups is 3. The lowest BCUT2D eigenvalue weighted by Gasteiger charge is -2.41. The Morgan fingerprint density at radius 1 is 1.00 bits per heavy atom. The maximum atomic E-state index is 14.4. The van der Waals surface area contributed by atoms with E-state index >= 15 is 0 Å². The summed E-state index contributed by atoms with van der Waals surface area (Å²) in [7, 11) is 1.67. The first-order valence-corrected chi connectivity index (χ1v) is 18.1. The molecule has 1 saturated heterocycles. The zero-order chi connectivity index (χ0) is 35.6. The molecule has 1 aromatic heterocycles. The molecule has 0 unspecified atom stereocenters. The van der Waals surface area contributed by atoms with Crippen LogP contribution in [0, 0.1) is 11.8 Å². The second-order valence-corrected chi connectivity index (χ2v) is 15.8. The Morgan fingerprint density at radius 3 is 2.27 bits per heavy atom. The third-order valence-electron chi connectivity index (χ3n) is 8.79. The number of likely N-dealkylation sites (tertiary alicyclic amines) is 1. The first-order chi connectivity index (χ1) is 23.3. The standard InChI is InChI=1S/C39H53N5O4S/c1-27(2)35(41-38(48)43(6)25-29-17-13-14-21-40-29)36(46)32(23-28-15-9-7-10-16-28)34(45)26-44-22-20-31(49-30-18-11-8-12-19-30)24-33(44)37(47)42-39(3,4)5/h7-19,21,27,31-35,45H,20,22-26H2,1-6H3,(H,41,48)(H,42,47)/t31-,32+,33+,34+,35+/m1/s1. The molecule has 3 amide bonds. The van der Waals surface area contributed by atoms with E-state index in [0.717, 1.165) is 22.6 Å². The molecule has 3 N–H and O–H groups in total. The van der Waals surface area contributed by atoms with Crippen molar-refractivity contribution in [1.82, 2.24) is 25.4 Å². The predicted molar refractivity (Wildman–Crippen MR) is 196 cm³/mol. The molecule has 1 fully saturated rings. The predicted octanol–water partition coefficient (Wildman–Crippen LogP) is 5.58. The Bertz CT molecular complexity index is 1490. The van der Waals surface area contributed by atoms with Gasteiger partial charge in [-0.15, -0.1) is 11.8 Å². The number of pyridine rings is 1. The number of aliphatic hydroxyl groups is 1. The number of rotatable bonds is 14. The van der Waals surface area contributed by atoms with E-state index in [9.17, 15) is 19.5 Å². The number of hydrogen-bond donors (Lipinski definition) is 3. The number of aromatic nitrogens is 1. The first-order valence-electron chi connectivity index (χ1n) is 17.3. The molecule has 1 aliphatic heterocycles. The SMILES string of the molecule is CC(C)[C@H](NC(=O)N(C)Cc1ccccn1)C(=O)[C@@H](Cc1ccccc1)[C@@H](O)CN1CC[C@@H](Sc2ccccc2)C[C@H]1C(=O)NC(C)(C)C.